The average Bonchev–Trinajstić information content (AvgIpc) is 2.86. The summed E-state index contributed by atoms with van der Waals surface area (Å²) in [5.41, 5.74) is 1.38. The molecule has 1 atom stereocenters. The number of carbonyl (C=O) groups is 1. The molecule has 0 radical (unpaired) electrons. The Morgan fingerprint density at radius 3 is 3.21 bits per heavy atom. The minimum atomic E-state index is -0.331. The predicted molar refractivity (Wildman–Crippen MR) is 75.1 cm³/mol. The molecule has 0 saturated carbocycles. The third kappa shape index (κ3) is 2.99. The highest BCUT2D eigenvalue weighted by Gasteiger charge is 2.25. The first kappa shape index (κ1) is 13.1. The Labute approximate surface area is 117 Å². The molecule has 1 amide bonds. The molecule has 19 heavy (non-hydrogen) atoms. The van der Waals surface area contributed by atoms with E-state index in [0.29, 0.717) is 13.1 Å². The van der Waals surface area contributed by atoms with Crippen molar-refractivity contribution in [2.24, 2.45) is 0 Å². The summed E-state index contributed by atoms with van der Waals surface area (Å²) in [5, 5.41) is 11.8. The average molecular weight is 280 g/mol. The number of nitrogens with zero attached hydrogens (tertiary/aromatic N) is 2. The van der Waals surface area contributed by atoms with Gasteiger partial charge in [-0.05, 0) is 36.3 Å². The van der Waals surface area contributed by atoms with Gasteiger partial charge in [0.2, 0.25) is 5.91 Å². The zero-order chi connectivity index (χ0) is 13.2. The van der Waals surface area contributed by atoms with E-state index in [0.717, 1.165) is 38.9 Å². The highest BCUT2D eigenvalue weighted by molar-refractivity contribution is 7.10. The lowest BCUT2D eigenvalue weighted by Crippen LogP contribution is -2.47. The Balaban J connectivity index is 1.56. The van der Waals surface area contributed by atoms with Crippen LogP contribution < -0.4 is 0 Å². The molecule has 0 aliphatic carbocycles. The van der Waals surface area contributed by atoms with Crippen LogP contribution in [0.1, 0.15) is 23.3 Å². The van der Waals surface area contributed by atoms with Gasteiger partial charge in [-0.15, -0.1) is 11.3 Å². The van der Waals surface area contributed by atoms with Crippen molar-refractivity contribution < 1.29 is 9.90 Å². The summed E-state index contributed by atoms with van der Waals surface area (Å²) in [6, 6.07) is 2.17. The zero-order valence-electron chi connectivity index (χ0n) is 11.0. The lowest BCUT2D eigenvalue weighted by molar-refractivity contribution is -0.135. The van der Waals surface area contributed by atoms with Crippen LogP contribution in [0.2, 0.25) is 0 Å². The lowest BCUT2D eigenvalue weighted by Gasteiger charge is -2.33. The monoisotopic (exact) mass is 280 g/mol. The van der Waals surface area contributed by atoms with E-state index < -0.39 is 0 Å². The number of hydrogen-bond acceptors (Lipinski definition) is 4. The molecule has 1 N–H and O–H groups in total. The predicted octanol–water partition coefficient (Wildman–Crippen LogP) is 1.09. The summed E-state index contributed by atoms with van der Waals surface area (Å²) in [5.74, 6) is 0.164. The number of aliphatic hydroxyl groups is 1. The van der Waals surface area contributed by atoms with Gasteiger partial charge < -0.3 is 10.0 Å². The van der Waals surface area contributed by atoms with Crippen molar-refractivity contribution in [1.82, 2.24) is 9.80 Å². The summed E-state index contributed by atoms with van der Waals surface area (Å²) in [4.78, 5) is 17.7. The summed E-state index contributed by atoms with van der Waals surface area (Å²) in [6.45, 7) is 3.66. The van der Waals surface area contributed by atoms with Gasteiger partial charge in [0.05, 0.1) is 12.6 Å². The molecule has 1 aromatic rings. The number of fused-ring (bicyclic) bond motifs is 1. The largest absolute Gasteiger partial charge is 0.391 e. The van der Waals surface area contributed by atoms with Crippen molar-refractivity contribution in [2.75, 3.05) is 26.2 Å². The van der Waals surface area contributed by atoms with Crippen LogP contribution in [-0.4, -0.2) is 53.1 Å². The van der Waals surface area contributed by atoms with Gasteiger partial charge in [0.25, 0.3) is 0 Å². The van der Waals surface area contributed by atoms with Gasteiger partial charge in [0, 0.05) is 31.1 Å². The number of aliphatic hydroxyl groups excluding tert-OH is 1. The SMILES string of the molecule is O=C(CN1CCc2sccc2C1)N1CCCC(O)C1. The molecule has 0 spiro atoms. The van der Waals surface area contributed by atoms with E-state index in [1.54, 1.807) is 0 Å². The Morgan fingerprint density at radius 2 is 2.37 bits per heavy atom. The highest BCUT2D eigenvalue weighted by Crippen LogP contribution is 2.24. The fourth-order valence-corrected chi connectivity index (χ4v) is 3.80. The number of piperidine rings is 1. The van der Waals surface area contributed by atoms with Crippen LogP contribution in [0.3, 0.4) is 0 Å². The van der Waals surface area contributed by atoms with Crippen LogP contribution in [-0.2, 0) is 17.8 Å². The second-order valence-corrected chi connectivity index (χ2v) is 6.47. The second kappa shape index (κ2) is 5.61. The molecule has 4 nitrogen and oxygen atoms in total. The fourth-order valence-electron chi connectivity index (χ4n) is 2.91. The summed E-state index contributed by atoms with van der Waals surface area (Å²) >= 11 is 1.82. The van der Waals surface area contributed by atoms with E-state index in [-0.39, 0.29) is 12.0 Å². The Bertz CT molecular complexity index is 460. The molecule has 104 valence electrons. The maximum Gasteiger partial charge on any atom is 0.236 e. The maximum atomic E-state index is 12.2. The van der Waals surface area contributed by atoms with Gasteiger partial charge in [-0.25, -0.2) is 0 Å². The minimum Gasteiger partial charge on any atom is -0.391 e. The van der Waals surface area contributed by atoms with Crippen molar-refractivity contribution in [3.63, 3.8) is 0 Å². The van der Waals surface area contributed by atoms with Crippen LogP contribution in [0.15, 0.2) is 11.4 Å². The van der Waals surface area contributed by atoms with Crippen molar-refractivity contribution in [2.45, 2.75) is 31.9 Å². The van der Waals surface area contributed by atoms with Crippen LogP contribution >= 0.6 is 11.3 Å². The van der Waals surface area contributed by atoms with Crippen molar-refractivity contribution in [3.05, 3.63) is 21.9 Å². The van der Waals surface area contributed by atoms with E-state index in [2.05, 4.69) is 16.3 Å². The van der Waals surface area contributed by atoms with Gasteiger partial charge in [0.1, 0.15) is 0 Å². The molecule has 1 fully saturated rings. The van der Waals surface area contributed by atoms with E-state index >= 15 is 0 Å². The maximum absolute atomic E-state index is 12.2. The van der Waals surface area contributed by atoms with Gasteiger partial charge in [0.15, 0.2) is 0 Å². The first-order valence-electron chi connectivity index (χ1n) is 6.96. The third-order valence-electron chi connectivity index (χ3n) is 3.99. The molecule has 2 aliphatic heterocycles. The zero-order valence-corrected chi connectivity index (χ0v) is 11.9. The van der Waals surface area contributed by atoms with E-state index in [1.807, 2.05) is 16.2 Å². The Morgan fingerprint density at radius 1 is 1.47 bits per heavy atom. The van der Waals surface area contributed by atoms with Crippen LogP contribution in [0.4, 0.5) is 0 Å². The third-order valence-corrected chi connectivity index (χ3v) is 5.02. The van der Waals surface area contributed by atoms with Crippen LogP contribution in [0, 0.1) is 0 Å². The smallest absolute Gasteiger partial charge is 0.236 e. The van der Waals surface area contributed by atoms with Crippen molar-refractivity contribution >= 4 is 17.2 Å². The van der Waals surface area contributed by atoms with Crippen molar-refractivity contribution in [3.8, 4) is 0 Å². The summed E-state index contributed by atoms with van der Waals surface area (Å²) in [6.07, 6.45) is 2.47. The molecule has 3 rings (SSSR count). The number of amides is 1. The first-order chi connectivity index (χ1) is 9.22. The number of hydrogen-bond donors (Lipinski definition) is 1. The van der Waals surface area contributed by atoms with E-state index in [1.165, 1.54) is 10.4 Å². The number of carbonyl (C=O) groups excluding carboxylic acids is 1. The van der Waals surface area contributed by atoms with Crippen molar-refractivity contribution in [1.29, 1.82) is 0 Å². The Kier molecular flexibility index (Phi) is 3.86. The molecule has 5 heteroatoms. The number of thiophene rings is 1. The molecular weight excluding hydrogens is 260 g/mol. The van der Waals surface area contributed by atoms with Gasteiger partial charge in [-0.2, -0.15) is 0 Å². The van der Waals surface area contributed by atoms with E-state index in [9.17, 15) is 9.90 Å². The lowest BCUT2D eigenvalue weighted by atomic mass is 10.1. The summed E-state index contributed by atoms with van der Waals surface area (Å²) in [7, 11) is 0. The molecule has 0 bridgehead atoms. The molecular formula is C14H20N2O2S. The van der Waals surface area contributed by atoms with Gasteiger partial charge in [-0.1, -0.05) is 0 Å². The number of rotatable bonds is 2. The molecule has 1 aromatic heterocycles. The fraction of sp³-hybridized carbons (Fsp3) is 0.643. The molecule has 3 heterocycles. The number of likely N-dealkylation sites (tertiary alicyclic amines) is 1. The van der Waals surface area contributed by atoms with E-state index in [4.69, 9.17) is 0 Å². The Hall–Kier alpha value is -0.910. The van der Waals surface area contributed by atoms with Gasteiger partial charge >= 0.3 is 0 Å². The molecule has 0 aromatic carbocycles. The summed E-state index contributed by atoms with van der Waals surface area (Å²) < 4.78 is 0. The first-order valence-corrected chi connectivity index (χ1v) is 7.84. The quantitative estimate of drug-likeness (QED) is 0.882. The highest BCUT2D eigenvalue weighted by atomic mass is 32.1. The normalized spacial score (nSPS) is 24.3. The molecule has 1 saturated heterocycles. The second-order valence-electron chi connectivity index (χ2n) is 5.47. The van der Waals surface area contributed by atoms with Crippen LogP contribution in [0.25, 0.3) is 0 Å². The topological polar surface area (TPSA) is 43.8 Å². The standard InChI is InChI=1S/C14H20N2O2S/c17-12-2-1-5-16(9-12)14(18)10-15-6-3-13-11(8-15)4-7-19-13/h4,7,12,17H,1-3,5-6,8-10H2. The minimum absolute atomic E-state index is 0.164. The molecule has 2 aliphatic rings. The number of β-amino-alcohol motifs (C(OH)–C–C–N with tert-alkyl or cyclic N) is 1. The van der Waals surface area contributed by atoms with Crippen LogP contribution in [0.5, 0.6) is 0 Å². The molecule has 1 unspecified atom stereocenters. The van der Waals surface area contributed by atoms with Gasteiger partial charge in [-0.3, -0.25) is 9.69 Å².